The van der Waals surface area contributed by atoms with E-state index >= 15 is 0 Å². The van der Waals surface area contributed by atoms with Gasteiger partial charge in [0, 0.05) is 24.4 Å². The van der Waals surface area contributed by atoms with E-state index in [0.717, 1.165) is 6.92 Å². The van der Waals surface area contributed by atoms with E-state index in [9.17, 15) is 13.2 Å². The van der Waals surface area contributed by atoms with Crippen molar-refractivity contribution in [2.75, 3.05) is 7.05 Å². The van der Waals surface area contributed by atoms with Gasteiger partial charge in [0.15, 0.2) is 0 Å². The monoisotopic (exact) mass is 237 g/mol. The molecule has 0 saturated carbocycles. The summed E-state index contributed by atoms with van der Waals surface area (Å²) in [6, 6.07) is 0. The number of allylic oxidation sites excluding steroid dienone is 1. The smallest absolute Gasteiger partial charge is 0.375 e. The van der Waals surface area contributed by atoms with E-state index in [2.05, 4.69) is 0 Å². The second-order valence-electron chi connectivity index (χ2n) is 5.73. The maximum atomic E-state index is 12.4. The minimum Gasteiger partial charge on any atom is -0.375 e. The molecule has 0 radical (unpaired) electrons. The van der Waals surface area contributed by atoms with Crippen molar-refractivity contribution in [2.24, 2.45) is 5.41 Å². The molecule has 0 bridgehead atoms. The third kappa shape index (κ3) is 3.42. The zero-order chi connectivity index (χ0) is 13.4. The average molecular weight is 237 g/mol. The van der Waals surface area contributed by atoms with Gasteiger partial charge in [-0.3, -0.25) is 0 Å². The first-order chi connectivity index (χ1) is 6.80. The van der Waals surface area contributed by atoms with Crippen LogP contribution in [-0.2, 0) is 0 Å². The summed E-state index contributed by atoms with van der Waals surface area (Å²) in [4.78, 5) is 1.63. The van der Waals surface area contributed by atoms with E-state index in [1.54, 1.807) is 11.9 Å². The SMILES string of the molecule is C/C(=C\N(C)C(C)(C)C(C)(C)C)C(F)(F)F. The van der Waals surface area contributed by atoms with E-state index in [-0.39, 0.29) is 11.0 Å². The normalized spacial score (nSPS) is 15.2. The molecule has 0 aliphatic heterocycles. The number of hydrogen-bond acceptors (Lipinski definition) is 1. The molecule has 96 valence electrons. The van der Waals surface area contributed by atoms with E-state index in [1.807, 2.05) is 34.6 Å². The molecule has 16 heavy (non-hydrogen) atoms. The van der Waals surface area contributed by atoms with Gasteiger partial charge in [0.2, 0.25) is 0 Å². The van der Waals surface area contributed by atoms with E-state index in [4.69, 9.17) is 0 Å². The summed E-state index contributed by atoms with van der Waals surface area (Å²) in [7, 11) is 1.68. The molecule has 0 rings (SSSR count). The molecule has 0 unspecified atom stereocenters. The third-order valence-electron chi connectivity index (χ3n) is 3.55. The Hall–Kier alpha value is -0.670. The van der Waals surface area contributed by atoms with E-state index < -0.39 is 11.7 Å². The summed E-state index contributed by atoms with van der Waals surface area (Å²) in [6.07, 6.45) is -3.08. The Labute approximate surface area is 96.3 Å². The molecular formula is C12H22F3N. The maximum absolute atomic E-state index is 12.4. The summed E-state index contributed by atoms with van der Waals surface area (Å²) >= 11 is 0. The van der Waals surface area contributed by atoms with Crippen molar-refractivity contribution in [3.8, 4) is 0 Å². The van der Waals surface area contributed by atoms with Crippen LogP contribution in [0.2, 0.25) is 0 Å². The number of hydrogen-bond donors (Lipinski definition) is 0. The minimum atomic E-state index is -4.25. The molecule has 0 N–H and O–H groups in total. The molecule has 0 fully saturated rings. The highest BCUT2D eigenvalue weighted by atomic mass is 19.4. The van der Waals surface area contributed by atoms with Gasteiger partial charge in [-0.15, -0.1) is 0 Å². The van der Waals surface area contributed by atoms with Gasteiger partial charge in [0.05, 0.1) is 0 Å². The Kier molecular flexibility index (Phi) is 4.12. The lowest BCUT2D eigenvalue weighted by atomic mass is 9.75. The molecule has 0 aromatic rings. The Morgan fingerprint density at radius 1 is 1.00 bits per heavy atom. The molecule has 0 spiro atoms. The Balaban J connectivity index is 5.04. The van der Waals surface area contributed by atoms with Crippen molar-refractivity contribution < 1.29 is 13.2 Å². The lowest BCUT2D eigenvalue weighted by Gasteiger charge is -2.46. The summed E-state index contributed by atoms with van der Waals surface area (Å²) in [5.41, 5.74) is -1.03. The average Bonchev–Trinajstić information content (AvgIpc) is 1.99. The molecule has 0 aromatic heterocycles. The largest absolute Gasteiger partial charge is 0.413 e. The van der Waals surface area contributed by atoms with Crippen LogP contribution in [0.5, 0.6) is 0 Å². The topological polar surface area (TPSA) is 3.24 Å². The van der Waals surface area contributed by atoms with Crippen LogP contribution >= 0.6 is 0 Å². The van der Waals surface area contributed by atoms with Gasteiger partial charge in [-0.25, -0.2) is 0 Å². The van der Waals surface area contributed by atoms with Crippen molar-refractivity contribution >= 4 is 0 Å². The van der Waals surface area contributed by atoms with Crippen molar-refractivity contribution in [1.29, 1.82) is 0 Å². The van der Waals surface area contributed by atoms with Gasteiger partial charge in [-0.05, 0) is 26.2 Å². The fourth-order valence-electron chi connectivity index (χ4n) is 1.05. The van der Waals surface area contributed by atoms with E-state index in [0.29, 0.717) is 0 Å². The van der Waals surface area contributed by atoms with Crippen LogP contribution in [0.25, 0.3) is 0 Å². The number of nitrogens with zero attached hydrogens (tertiary/aromatic N) is 1. The molecule has 0 atom stereocenters. The molecule has 0 heterocycles. The van der Waals surface area contributed by atoms with Crippen LogP contribution in [0.15, 0.2) is 11.8 Å². The van der Waals surface area contributed by atoms with Gasteiger partial charge in [-0.1, -0.05) is 20.8 Å². The Morgan fingerprint density at radius 3 is 1.62 bits per heavy atom. The minimum absolute atomic E-state index is 0.107. The molecule has 0 aliphatic rings. The fourth-order valence-corrected chi connectivity index (χ4v) is 1.05. The van der Waals surface area contributed by atoms with Crippen LogP contribution < -0.4 is 0 Å². The number of rotatable bonds is 2. The number of halogens is 3. The molecule has 0 aliphatic carbocycles. The second kappa shape index (κ2) is 4.30. The molecule has 1 nitrogen and oxygen atoms in total. The highest BCUT2D eigenvalue weighted by Gasteiger charge is 2.37. The quantitative estimate of drug-likeness (QED) is 0.695. The van der Waals surface area contributed by atoms with Crippen LogP contribution in [0.4, 0.5) is 13.2 Å². The van der Waals surface area contributed by atoms with Crippen LogP contribution in [0, 0.1) is 5.41 Å². The first-order valence-electron chi connectivity index (χ1n) is 5.28. The molecule has 0 amide bonds. The van der Waals surface area contributed by atoms with E-state index in [1.165, 1.54) is 6.20 Å². The maximum Gasteiger partial charge on any atom is 0.413 e. The van der Waals surface area contributed by atoms with Crippen LogP contribution in [-0.4, -0.2) is 23.7 Å². The summed E-state index contributed by atoms with van der Waals surface area (Å²) in [6.45, 7) is 11.0. The lowest BCUT2D eigenvalue weighted by Crippen LogP contribution is -2.48. The Morgan fingerprint density at radius 2 is 1.38 bits per heavy atom. The summed E-state index contributed by atoms with van der Waals surface area (Å²) in [5, 5.41) is 0. The number of alkyl halides is 3. The van der Waals surface area contributed by atoms with Crippen LogP contribution in [0.3, 0.4) is 0 Å². The highest BCUT2D eigenvalue weighted by Crippen LogP contribution is 2.35. The Bertz CT molecular complexity index is 269. The molecular weight excluding hydrogens is 215 g/mol. The first-order valence-corrected chi connectivity index (χ1v) is 5.28. The summed E-state index contributed by atoms with van der Waals surface area (Å²) < 4.78 is 37.2. The summed E-state index contributed by atoms with van der Waals surface area (Å²) in [5.74, 6) is 0. The lowest BCUT2D eigenvalue weighted by molar-refractivity contribution is -0.0932. The van der Waals surface area contributed by atoms with Crippen molar-refractivity contribution in [1.82, 2.24) is 4.90 Å². The molecule has 0 aromatic carbocycles. The van der Waals surface area contributed by atoms with Gasteiger partial charge in [-0.2, -0.15) is 13.2 Å². The van der Waals surface area contributed by atoms with Crippen molar-refractivity contribution in [2.45, 2.75) is 53.3 Å². The highest BCUT2D eigenvalue weighted by molar-refractivity contribution is 5.07. The van der Waals surface area contributed by atoms with Gasteiger partial charge in [0.25, 0.3) is 0 Å². The fraction of sp³-hybridized carbons (Fsp3) is 0.833. The standard InChI is InChI=1S/C12H22F3N/c1-9(12(13,14)15)8-16(7)11(5,6)10(2,3)4/h8H,1-7H3/b9-8+. The predicted molar refractivity (Wildman–Crippen MR) is 61.1 cm³/mol. The molecule has 4 heteroatoms. The molecule has 0 saturated heterocycles. The first kappa shape index (κ1) is 15.3. The second-order valence-corrected chi connectivity index (χ2v) is 5.73. The third-order valence-corrected chi connectivity index (χ3v) is 3.55. The van der Waals surface area contributed by atoms with Gasteiger partial charge >= 0.3 is 6.18 Å². The van der Waals surface area contributed by atoms with Gasteiger partial charge in [0.1, 0.15) is 0 Å². The zero-order valence-corrected chi connectivity index (χ0v) is 11.2. The van der Waals surface area contributed by atoms with Crippen molar-refractivity contribution in [3.63, 3.8) is 0 Å². The van der Waals surface area contributed by atoms with Gasteiger partial charge < -0.3 is 4.90 Å². The van der Waals surface area contributed by atoms with Crippen molar-refractivity contribution in [3.05, 3.63) is 11.8 Å². The predicted octanol–water partition coefficient (Wildman–Crippen LogP) is 4.21. The van der Waals surface area contributed by atoms with Crippen LogP contribution in [0.1, 0.15) is 41.5 Å². The zero-order valence-electron chi connectivity index (χ0n) is 11.2.